The van der Waals surface area contributed by atoms with Crippen molar-refractivity contribution in [3.8, 4) is 17.0 Å². The number of phenolic OH excluding ortho intramolecular Hbond substituents is 1. The minimum atomic E-state index is -0.195. The van der Waals surface area contributed by atoms with Gasteiger partial charge < -0.3 is 20.6 Å². The number of anilines is 1. The van der Waals surface area contributed by atoms with Crippen LogP contribution in [0.3, 0.4) is 0 Å². The lowest BCUT2D eigenvalue weighted by Gasteiger charge is -2.45. The molecule has 0 saturated carbocycles. The van der Waals surface area contributed by atoms with Gasteiger partial charge in [0.05, 0.1) is 5.69 Å². The zero-order valence-electron chi connectivity index (χ0n) is 18.6. The molecule has 2 aliphatic rings. The van der Waals surface area contributed by atoms with Crippen LogP contribution in [0.1, 0.15) is 45.1 Å². The van der Waals surface area contributed by atoms with E-state index in [2.05, 4.69) is 46.6 Å². The van der Waals surface area contributed by atoms with Gasteiger partial charge in [-0.05, 0) is 75.4 Å². The fourth-order valence-electron chi connectivity index (χ4n) is 5.07. The summed E-state index contributed by atoms with van der Waals surface area (Å²) in [6, 6.07) is 9.52. The Morgan fingerprint density at radius 2 is 1.90 bits per heavy atom. The van der Waals surface area contributed by atoms with E-state index in [4.69, 9.17) is 0 Å². The fraction of sp³-hybridized carbons (Fsp3) is 0.458. The van der Waals surface area contributed by atoms with E-state index in [9.17, 15) is 9.90 Å². The van der Waals surface area contributed by atoms with E-state index < -0.39 is 0 Å². The summed E-state index contributed by atoms with van der Waals surface area (Å²) in [6.45, 7) is 4.65. The predicted molar refractivity (Wildman–Crippen MR) is 123 cm³/mol. The smallest absolute Gasteiger partial charge is 0.243 e. The van der Waals surface area contributed by atoms with Crippen LogP contribution in [0.5, 0.6) is 5.75 Å². The van der Waals surface area contributed by atoms with E-state index in [-0.39, 0.29) is 22.7 Å². The summed E-state index contributed by atoms with van der Waals surface area (Å²) in [5.41, 5.74) is 2.34. The first-order chi connectivity index (χ1) is 14.7. The lowest BCUT2D eigenvalue weighted by atomic mass is 9.84. The van der Waals surface area contributed by atoms with Crippen molar-refractivity contribution in [3.05, 3.63) is 42.0 Å². The van der Waals surface area contributed by atoms with Gasteiger partial charge in [0.15, 0.2) is 5.82 Å². The summed E-state index contributed by atoms with van der Waals surface area (Å²) in [4.78, 5) is 13.6. The third-order valence-electron chi connectivity index (χ3n) is 6.74. The van der Waals surface area contributed by atoms with Gasteiger partial charge in [-0.1, -0.05) is 6.07 Å². The molecule has 164 valence electrons. The second-order valence-electron chi connectivity index (χ2n) is 9.42. The maximum atomic E-state index is 11.3. The molecular weight excluding hydrogens is 390 g/mol. The van der Waals surface area contributed by atoms with Gasteiger partial charge in [0.2, 0.25) is 5.91 Å². The molecule has 2 fully saturated rings. The SMILES string of the molecule is CNC(=O)/C=C/c1ccc(-c2ccc(N(C)[C@@H]3C[C@]4(C)CC[C@](C)(C3)N4)nn2)c(O)c1. The van der Waals surface area contributed by atoms with Crippen molar-refractivity contribution in [1.82, 2.24) is 20.8 Å². The molecule has 0 spiro atoms. The highest BCUT2D eigenvalue weighted by atomic mass is 16.3. The van der Waals surface area contributed by atoms with Crippen molar-refractivity contribution >= 4 is 17.8 Å². The lowest BCUT2D eigenvalue weighted by Crippen LogP contribution is -2.58. The van der Waals surface area contributed by atoms with Crippen LogP contribution in [0, 0.1) is 0 Å². The highest BCUT2D eigenvalue weighted by Gasteiger charge is 2.49. The largest absolute Gasteiger partial charge is 0.507 e. The van der Waals surface area contributed by atoms with E-state index >= 15 is 0 Å². The Balaban J connectivity index is 1.49. The number of amides is 1. The molecule has 0 unspecified atom stereocenters. The molecule has 1 aromatic carbocycles. The number of hydrogen-bond donors (Lipinski definition) is 3. The molecule has 3 atom stereocenters. The van der Waals surface area contributed by atoms with E-state index in [1.54, 1.807) is 25.3 Å². The first-order valence-corrected chi connectivity index (χ1v) is 10.8. The van der Waals surface area contributed by atoms with Crippen LogP contribution in [0.25, 0.3) is 17.3 Å². The molecule has 2 aromatic rings. The average molecular weight is 422 g/mol. The number of carbonyl (C=O) groups excluding carboxylic acids is 1. The van der Waals surface area contributed by atoms with Crippen LogP contribution >= 0.6 is 0 Å². The normalized spacial score (nSPS) is 27.4. The molecule has 7 heteroatoms. The molecule has 2 saturated heterocycles. The standard InChI is InChI=1S/C24H31N5O2/c1-23-11-12-24(2,28-23)15-17(14-23)29(4)21-9-8-19(26-27-21)18-7-5-16(13-20(18)30)6-10-22(31)25-3/h5-10,13,17,28,30H,11-12,14-15H2,1-4H3,(H,25,31)/b10-6+/t17-,23+,24-. The third kappa shape index (κ3) is 4.42. The number of likely N-dealkylation sites (N-methyl/N-ethyl adjacent to an activating group) is 1. The van der Waals surface area contributed by atoms with Gasteiger partial charge in [-0.15, -0.1) is 10.2 Å². The summed E-state index contributed by atoms with van der Waals surface area (Å²) in [6.07, 6.45) is 7.69. The second kappa shape index (κ2) is 7.96. The van der Waals surface area contributed by atoms with Gasteiger partial charge in [0, 0.05) is 42.9 Å². The molecule has 1 aromatic heterocycles. The number of aromatic nitrogens is 2. The summed E-state index contributed by atoms with van der Waals surface area (Å²) >= 11 is 0. The van der Waals surface area contributed by atoms with Crippen molar-refractivity contribution in [3.63, 3.8) is 0 Å². The first-order valence-electron chi connectivity index (χ1n) is 10.8. The van der Waals surface area contributed by atoms with Crippen LogP contribution in [0.2, 0.25) is 0 Å². The first kappa shape index (κ1) is 21.3. The summed E-state index contributed by atoms with van der Waals surface area (Å²) in [5.74, 6) is 0.746. The summed E-state index contributed by atoms with van der Waals surface area (Å²) in [5, 5.41) is 25.6. The quantitative estimate of drug-likeness (QED) is 0.643. The van der Waals surface area contributed by atoms with E-state index in [1.807, 2.05) is 18.2 Å². The van der Waals surface area contributed by atoms with Crippen molar-refractivity contribution in [2.45, 2.75) is 56.7 Å². The maximum absolute atomic E-state index is 11.3. The highest BCUT2D eigenvalue weighted by Crippen LogP contribution is 2.43. The van der Waals surface area contributed by atoms with Gasteiger partial charge in [-0.3, -0.25) is 4.79 Å². The number of benzene rings is 1. The van der Waals surface area contributed by atoms with Crippen LogP contribution < -0.4 is 15.5 Å². The molecule has 7 nitrogen and oxygen atoms in total. The zero-order valence-corrected chi connectivity index (χ0v) is 18.6. The van der Waals surface area contributed by atoms with Crippen molar-refractivity contribution in [1.29, 1.82) is 0 Å². The number of fused-ring (bicyclic) bond motifs is 2. The minimum absolute atomic E-state index is 0.102. The summed E-state index contributed by atoms with van der Waals surface area (Å²) in [7, 11) is 3.67. The molecule has 2 bridgehead atoms. The number of piperidine rings is 1. The van der Waals surface area contributed by atoms with Crippen molar-refractivity contribution in [2.24, 2.45) is 0 Å². The van der Waals surface area contributed by atoms with Gasteiger partial charge in [-0.2, -0.15) is 0 Å². The number of aromatic hydroxyl groups is 1. The lowest BCUT2D eigenvalue weighted by molar-refractivity contribution is -0.115. The number of rotatable bonds is 5. The molecule has 3 heterocycles. The number of hydrogen-bond acceptors (Lipinski definition) is 6. The van der Waals surface area contributed by atoms with E-state index in [0.717, 1.165) is 24.2 Å². The molecule has 1 amide bonds. The molecule has 0 aliphatic carbocycles. The Kier molecular flexibility index (Phi) is 5.47. The molecular formula is C24H31N5O2. The van der Waals surface area contributed by atoms with E-state index in [0.29, 0.717) is 17.3 Å². The number of carbonyl (C=O) groups is 1. The monoisotopic (exact) mass is 421 g/mol. The zero-order chi connectivity index (χ0) is 22.2. The minimum Gasteiger partial charge on any atom is -0.507 e. The second-order valence-corrected chi connectivity index (χ2v) is 9.42. The van der Waals surface area contributed by atoms with Crippen LogP contribution in [-0.2, 0) is 4.79 Å². The van der Waals surface area contributed by atoms with Gasteiger partial charge in [0.25, 0.3) is 0 Å². The van der Waals surface area contributed by atoms with Gasteiger partial charge in [-0.25, -0.2) is 0 Å². The molecule has 31 heavy (non-hydrogen) atoms. The van der Waals surface area contributed by atoms with Crippen LogP contribution in [-0.4, -0.2) is 52.4 Å². The topological polar surface area (TPSA) is 90.4 Å². The van der Waals surface area contributed by atoms with Crippen molar-refractivity contribution < 1.29 is 9.90 Å². The van der Waals surface area contributed by atoms with Crippen LogP contribution in [0.4, 0.5) is 5.82 Å². The number of nitrogens with zero attached hydrogens (tertiary/aromatic N) is 3. The van der Waals surface area contributed by atoms with Gasteiger partial charge in [0.1, 0.15) is 5.75 Å². The highest BCUT2D eigenvalue weighted by molar-refractivity contribution is 5.91. The molecule has 4 rings (SSSR count). The Morgan fingerprint density at radius 1 is 1.19 bits per heavy atom. The van der Waals surface area contributed by atoms with Gasteiger partial charge >= 0.3 is 0 Å². The van der Waals surface area contributed by atoms with Crippen molar-refractivity contribution in [2.75, 3.05) is 19.0 Å². The Hall–Kier alpha value is -2.93. The Morgan fingerprint density at radius 3 is 2.48 bits per heavy atom. The Labute approximate surface area is 183 Å². The number of phenols is 1. The third-order valence-corrected chi connectivity index (χ3v) is 6.74. The van der Waals surface area contributed by atoms with E-state index in [1.165, 1.54) is 18.9 Å². The Bertz CT molecular complexity index is 988. The maximum Gasteiger partial charge on any atom is 0.243 e. The molecule has 3 N–H and O–H groups in total. The molecule has 2 aliphatic heterocycles. The number of nitrogens with one attached hydrogen (secondary N) is 2. The fourth-order valence-corrected chi connectivity index (χ4v) is 5.07. The average Bonchev–Trinajstić information content (AvgIpc) is 2.98. The predicted octanol–water partition coefficient (Wildman–Crippen LogP) is 3.11. The van der Waals surface area contributed by atoms with Crippen LogP contribution in [0.15, 0.2) is 36.4 Å². The summed E-state index contributed by atoms with van der Waals surface area (Å²) < 4.78 is 0. The molecule has 0 radical (unpaired) electrons.